The number of para-hydroxylation sites is 1. The number of benzene rings is 2. The molecule has 5 rings (SSSR count). The molecule has 1 aromatic heterocycles. The molecule has 0 amide bonds. The van der Waals surface area contributed by atoms with Crippen LogP contribution in [0, 0.1) is 0 Å². The standard InChI is InChI=1S/C22H21ClN4O/c23-17-5-7-18(8-6-17)26-13-11-25(12-14-26)15-16-9-10-27-21(16)24-20-4-2-1-3-19(20)22(27)28/h1-8,15H,9-14H2. The van der Waals surface area contributed by atoms with E-state index in [0.717, 1.165) is 54.5 Å². The number of anilines is 1. The maximum absolute atomic E-state index is 12.7. The van der Waals surface area contributed by atoms with Crippen LogP contribution < -0.4 is 10.5 Å². The molecule has 3 heterocycles. The van der Waals surface area contributed by atoms with Crippen LogP contribution in [-0.4, -0.2) is 40.6 Å². The summed E-state index contributed by atoms with van der Waals surface area (Å²) in [7, 11) is 0. The minimum Gasteiger partial charge on any atom is -0.373 e. The molecular formula is C22H21ClN4O. The summed E-state index contributed by atoms with van der Waals surface area (Å²) in [5.74, 6) is 0.823. The van der Waals surface area contributed by atoms with Gasteiger partial charge in [-0.05, 0) is 42.8 Å². The van der Waals surface area contributed by atoms with Gasteiger partial charge in [0.05, 0.1) is 10.9 Å². The highest BCUT2D eigenvalue weighted by atomic mass is 35.5. The molecule has 0 bridgehead atoms. The zero-order chi connectivity index (χ0) is 19.1. The molecule has 6 heteroatoms. The van der Waals surface area contributed by atoms with Crippen LogP contribution in [0.1, 0.15) is 12.2 Å². The number of piperazine rings is 1. The summed E-state index contributed by atoms with van der Waals surface area (Å²) < 4.78 is 1.82. The third-order valence-corrected chi connectivity index (χ3v) is 5.85. The van der Waals surface area contributed by atoms with Gasteiger partial charge in [0.1, 0.15) is 5.82 Å². The minimum absolute atomic E-state index is 0.0663. The van der Waals surface area contributed by atoms with Gasteiger partial charge in [-0.15, -0.1) is 0 Å². The average molecular weight is 393 g/mol. The van der Waals surface area contributed by atoms with Crippen LogP contribution in [-0.2, 0) is 6.54 Å². The molecule has 2 aromatic carbocycles. The van der Waals surface area contributed by atoms with Crippen LogP contribution in [0.25, 0.3) is 16.5 Å². The van der Waals surface area contributed by atoms with E-state index < -0.39 is 0 Å². The molecule has 2 aliphatic rings. The smallest absolute Gasteiger partial charge is 0.261 e. The largest absolute Gasteiger partial charge is 0.373 e. The van der Waals surface area contributed by atoms with E-state index in [1.54, 1.807) is 0 Å². The van der Waals surface area contributed by atoms with Gasteiger partial charge < -0.3 is 9.80 Å². The fourth-order valence-electron chi connectivity index (χ4n) is 4.07. The Balaban J connectivity index is 1.36. The number of rotatable bonds is 2. The third kappa shape index (κ3) is 3.06. The SMILES string of the molecule is O=c1c2ccccc2nc2n1CCC2=CN1CCN(c2ccc(Cl)cc2)CC1. The summed E-state index contributed by atoms with van der Waals surface area (Å²) in [6.07, 6.45) is 3.06. The fraction of sp³-hybridized carbons (Fsp3) is 0.273. The Kier molecular flexibility index (Phi) is 4.32. The quantitative estimate of drug-likeness (QED) is 0.668. The Morgan fingerprint density at radius 1 is 0.929 bits per heavy atom. The first-order valence-electron chi connectivity index (χ1n) is 9.64. The normalized spacial score (nSPS) is 18.1. The summed E-state index contributed by atoms with van der Waals surface area (Å²) in [5.41, 5.74) is 3.21. The Morgan fingerprint density at radius 3 is 2.46 bits per heavy atom. The highest BCUT2D eigenvalue weighted by molar-refractivity contribution is 6.30. The molecule has 142 valence electrons. The second-order valence-electron chi connectivity index (χ2n) is 7.31. The predicted molar refractivity (Wildman–Crippen MR) is 114 cm³/mol. The summed E-state index contributed by atoms with van der Waals surface area (Å²) in [4.78, 5) is 22.3. The molecule has 28 heavy (non-hydrogen) atoms. The van der Waals surface area contributed by atoms with Gasteiger partial charge in [-0.2, -0.15) is 0 Å². The van der Waals surface area contributed by atoms with Gasteiger partial charge in [0.2, 0.25) is 0 Å². The van der Waals surface area contributed by atoms with Gasteiger partial charge in [-0.25, -0.2) is 4.98 Å². The highest BCUT2D eigenvalue weighted by Crippen LogP contribution is 2.26. The zero-order valence-corrected chi connectivity index (χ0v) is 16.3. The highest BCUT2D eigenvalue weighted by Gasteiger charge is 2.23. The zero-order valence-electron chi connectivity index (χ0n) is 15.5. The van der Waals surface area contributed by atoms with Gasteiger partial charge in [0.25, 0.3) is 5.56 Å². The molecule has 0 spiro atoms. The third-order valence-electron chi connectivity index (χ3n) is 5.60. The van der Waals surface area contributed by atoms with E-state index in [-0.39, 0.29) is 5.56 Å². The van der Waals surface area contributed by atoms with Gasteiger partial charge in [-0.1, -0.05) is 23.7 Å². The Morgan fingerprint density at radius 2 is 1.68 bits per heavy atom. The second-order valence-corrected chi connectivity index (χ2v) is 7.75. The lowest BCUT2D eigenvalue weighted by atomic mass is 10.2. The Labute approximate surface area is 168 Å². The number of hydrogen-bond acceptors (Lipinski definition) is 4. The Bertz CT molecular complexity index is 1110. The lowest BCUT2D eigenvalue weighted by molar-refractivity contribution is 0.349. The summed E-state index contributed by atoms with van der Waals surface area (Å²) >= 11 is 5.99. The van der Waals surface area contributed by atoms with Crippen LogP contribution >= 0.6 is 11.6 Å². The molecule has 5 nitrogen and oxygen atoms in total. The molecule has 0 aliphatic carbocycles. The van der Waals surface area contributed by atoms with Gasteiger partial charge in [0.15, 0.2) is 0 Å². The van der Waals surface area contributed by atoms with Crippen LogP contribution in [0.2, 0.25) is 5.02 Å². The van der Waals surface area contributed by atoms with Crippen molar-refractivity contribution in [2.75, 3.05) is 31.1 Å². The van der Waals surface area contributed by atoms with E-state index in [0.29, 0.717) is 11.9 Å². The van der Waals surface area contributed by atoms with E-state index in [1.807, 2.05) is 41.0 Å². The van der Waals surface area contributed by atoms with Crippen LogP contribution in [0.3, 0.4) is 0 Å². The summed E-state index contributed by atoms with van der Waals surface area (Å²) in [5, 5.41) is 1.46. The molecule has 0 radical (unpaired) electrons. The number of hydrogen-bond donors (Lipinski definition) is 0. The maximum atomic E-state index is 12.7. The van der Waals surface area contributed by atoms with Gasteiger partial charge in [-0.3, -0.25) is 9.36 Å². The number of halogens is 1. The molecule has 0 N–H and O–H groups in total. The average Bonchev–Trinajstić information content (AvgIpc) is 3.12. The van der Waals surface area contributed by atoms with Crippen molar-refractivity contribution in [3.05, 3.63) is 75.9 Å². The van der Waals surface area contributed by atoms with Crippen molar-refractivity contribution in [1.29, 1.82) is 0 Å². The van der Waals surface area contributed by atoms with Crippen molar-refractivity contribution in [2.24, 2.45) is 0 Å². The predicted octanol–water partition coefficient (Wildman–Crippen LogP) is 3.62. The molecule has 1 fully saturated rings. The molecular weight excluding hydrogens is 372 g/mol. The van der Waals surface area contributed by atoms with Crippen molar-refractivity contribution >= 4 is 33.8 Å². The van der Waals surface area contributed by atoms with Crippen molar-refractivity contribution in [1.82, 2.24) is 14.5 Å². The topological polar surface area (TPSA) is 41.4 Å². The van der Waals surface area contributed by atoms with E-state index in [1.165, 1.54) is 5.69 Å². The van der Waals surface area contributed by atoms with E-state index in [2.05, 4.69) is 28.1 Å². The van der Waals surface area contributed by atoms with Gasteiger partial charge >= 0.3 is 0 Å². The van der Waals surface area contributed by atoms with E-state index in [9.17, 15) is 4.79 Å². The van der Waals surface area contributed by atoms with E-state index in [4.69, 9.17) is 16.6 Å². The van der Waals surface area contributed by atoms with Crippen molar-refractivity contribution in [2.45, 2.75) is 13.0 Å². The van der Waals surface area contributed by atoms with E-state index >= 15 is 0 Å². The summed E-state index contributed by atoms with van der Waals surface area (Å²) in [6, 6.07) is 15.6. The lowest BCUT2D eigenvalue weighted by Crippen LogP contribution is -2.44. The van der Waals surface area contributed by atoms with Crippen molar-refractivity contribution in [3.8, 4) is 0 Å². The summed E-state index contributed by atoms with van der Waals surface area (Å²) in [6.45, 7) is 4.53. The number of nitrogens with zero attached hydrogens (tertiary/aromatic N) is 4. The van der Waals surface area contributed by atoms with Crippen LogP contribution in [0.4, 0.5) is 5.69 Å². The molecule has 0 saturated carbocycles. The molecule has 0 unspecified atom stereocenters. The van der Waals surface area contributed by atoms with Crippen LogP contribution in [0.5, 0.6) is 0 Å². The first-order chi connectivity index (χ1) is 13.7. The first-order valence-corrected chi connectivity index (χ1v) is 10.0. The van der Waals surface area contributed by atoms with Crippen LogP contribution in [0.15, 0.2) is 59.5 Å². The van der Waals surface area contributed by atoms with Gasteiger partial charge in [0, 0.05) is 55.2 Å². The second kappa shape index (κ2) is 6.99. The Hall–Kier alpha value is -2.79. The minimum atomic E-state index is 0.0663. The molecule has 1 saturated heterocycles. The monoisotopic (exact) mass is 392 g/mol. The molecule has 3 aromatic rings. The number of allylic oxidation sites excluding steroid dienone is 1. The van der Waals surface area contributed by atoms with Crippen molar-refractivity contribution in [3.63, 3.8) is 0 Å². The fourth-order valence-corrected chi connectivity index (χ4v) is 4.19. The number of aromatic nitrogens is 2. The molecule has 0 atom stereocenters. The first kappa shape index (κ1) is 17.3. The maximum Gasteiger partial charge on any atom is 0.261 e. The van der Waals surface area contributed by atoms with Crippen molar-refractivity contribution < 1.29 is 0 Å². The number of fused-ring (bicyclic) bond motifs is 2. The molecule has 2 aliphatic heterocycles. The lowest BCUT2D eigenvalue weighted by Gasteiger charge is -2.36.